The van der Waals surface area contributed by atoms with Crippen molar-refractivity contribution in [3.05, 3.63) is 60.2 Å². The Bertz CT molecular complexity index is 634. The topological polar surface area (TPSA) is 77.0 Å². The summed E-state index contributed by atoms with van der Waals surface area (Å²) in [5.41, 5.74) is 6.63. The maximum Gasteiger partial charge on any atom is 0.405 e. The molecular formula is C16H17N3O2. The summed E-state index contributed by atoms with van der Waals surface area (Å²) in [7, 11) is 0. The molecule has 0 aromatic heterocycles. The van der Waals surface area contributed by atoms with Crippen LogP contribution in [0, 0.1) is 0 Å². The van der Waals surface area contributed by atoms with E-state index in [1.165, 1.54) is 0 Å². The molecular weight excluding hydrogens is 266 g/mol. The fourth-order valence-corrected chi connectivity index (χ4v) is 1.85. The molecule has 0 bridgehead atoms. The van der Waals surface area contributed by atoms with E-state index in [4.69, 9.17) is 10.5 Å². The highest BCUT2D eigenvalue weighted by Crippen LogP contribution is 2.27. The molecule has 2 aromatic rings. The van der Waals surface area contributed by atoms with Gasteiger partial charge in [-0.1, -0.05) is 30.3 Å². The van der Waals surface area contributed by atoms with Crippen molar-refractivity contribution in [3.8, 4) is 0 Å². The Kier molecular flexibility index (Phi) is 4.33. The van der Waals surface area contributed by atoms with Gasteiger partial charge in [0.1, 0.15) is 5.60 Å². The van der Waals surface area contributed by atoms with E-state index in [1.54, 1.807) is 13.8 Å². The molecule has 2 N–H and O–H groups in total. The van der Waals surface area contributed by atoms with Crippen LogP contribution >= 0.6 is 0 Å². The first-order chi connectivity index (χ1) is 9.97. The summed E-state index contributed by atoms with van der Waals surface area (Å²) in [6.45, 7) is 3.55. The SMILES string of the molecule is CC(C)(OC(N)=O)c1ccc(N=Nc2ccccc2)cc1. The second-order valence-corrected chi connectivity index (χ2v) is 5.01. The number of carbonyl (C=O) groups is 1. The van der Waals surface area contributed by atoms with E-state index in [-0.39, 0.29) is 0 Å². The monoisotopic (exact) mass is 283 g/mol. The Hall–Kier alpha value is -2.69. The van der Waals surface area contributed by atoms with Gasteiger partial charge in [0.05, 0.1) is 11.4 Å². The number of rotatable bonds is 4. The fourth-order valence-electron chi connectivity index (χ4n) is 1.85. The molecule has 0 aliphatic carbocycles. The van der Waals surface area contributed by atoms with Gasteiger partial charge in [0.15, 0.2) is 0 Å². The molecule has 2 aromatic carbocycles. The number of amides is 1. The zero-order chi connectivity index (χ0) is 15.3. The minimum Gasteiger partial charge on any atom is -0.439 e. The van der Waals surface area contributed by atoms with Crippen LogP contribution in [-0.2, 0) is 10.3 Å². The fraction of sp³-hybridized carbons (Fsp3) is 0.188. The number of primary amides is 1. The van der Waals surface area contributed by atoms with Gasteiger partial charge in [-0.15, -0.1) is 0 Å². The number of benzene rings is 2. The maximum atomic E-state index is 10.9. The normalized spacial score (nSPS) is 11.5. The van der Waals surface area contributed by atoms with Crippen molar-refractivity contribution in [2.24, 2.45) is 16.0 Å². The molecule has 0 fully saturated rings. The summed E-state index contributed by atoms with van der Waals surface area (Å²) in [5.74, 6) is 0. The molecule has 0 atom stereocenters. The van der Waals surface area contributed by atoms with Gasteiger partial charge in [-0.3, -0.25) is 0 Å². The zero-order valence-electron chi connectivity index (χ0n) is 12.0. The second-order valence-electron chi connectivity index (χ2n) is 5.01. The summed E-state index contributed by atoms with van der Waals surface area (Å²) in [5, 5.41) is 8.29. The third kappa shape index (κ3) is 4.14. The van der Waals surface area contributed by atoms with Crippen LogP contribution in [0.2, 0.25) is 0 Å². The smallest absolute Gasteiger partial charge is 0.405 e. The Labute approximate surface area is 123 Å². The lowest BCUT2D eigenvalue weighted by atomic mass is 9.98. The van der Waals surface area contributed by atoms with E-state index in [1.807, 2.05) is 54.6 Å². The highest BCUT2D eigenvalue weighted by molar-refractivity contribution is 5.65. The largest absolute Gasteiger partial charge is 0.439 e. The number of carbonyl (C=O) groups excluding carboxylic acids is 1. The van der Waals surface area contributed by atoms with E-state index in [0.29, 0.717) is 0 Å². The summed E-state index contributed by atoms with van der Waals surface area (Å²) in [6.07, 6.45) is -0.798. The average molecular weight is 283 g/mol. The van der Waals surface area contributed by atoms with Crippen LogP contribution in [-0.4, -0.2) is 6.09 Å². The molecule has 1 amide bonds. The first-order valence-corrected chi connectivity index (χ1v) is 6.53. The van der Waals surface area contributed by atoms with Crippen molar-refractivity contribution < 1.29 is 9.53 Å². The molecule has 0 saturated heterocycles. The van der Waals surface area contributed by atoms with Crippen molar-refractivity contribution in [1.82, 2.24) is 0 Å². The third-order valence-corrected chi connectivity index (χ3v) is 2.96. The lowest BCUT2D eigenvalue weighted by Gasteiger charge is -2.24. The van der Waals surface area contributed by atoms with Crippen LogP contribution in [0.5, 0.6) is 0 Å². The summed E-state index contributed by atoms with van der Waals surface area (Å²) in [4.78, 5) is 10.9. The second kappa shape index (κ2) is 6.17. The molecule has 108 valence electrons. The summed E-state index contributed by atoms with van der Waals surface area (Å²) < 4.78 is 5.08. The molecule has 0 aliphatic rings. The number of azo groups is 1. The van der Waals surface area contributed by atoms with Gasteiger partial charge in [0.2, 0.25) is 0 Å². The third-order valence-electron chi connectivity index (χ3n) is 2.96. The van der Waals surface area contributed by atoms with Crippen LogP contribution in [0.3, 0.4) is 0 Å². The Morgan fingerprint density at radius 3 is 2.00 bits per heavy atom. The van der Waals surface area contributed by atoms with E-state index in [9.17, 15) is 4.79 Å². The highest BCUT2D eigenvalue weighted by atomic mass is 16.6. The number of hydrogen-bond donors (Lipinski definition) is 1. The van der Waals surface area contributed by atoms with E-state index < -0.39 is 11.7 Å². The minimum atomic E-state index is -0.798. The zero-order valence-corrected chi connectivity index (χ0v) is 12.0. The van der Waals surface area contributed by atoms with Crippen LogP contribution in [0.25, 0.3) is 0 Å². The number of nitrogens with zero attached hydrogens (tertiary/aromatic N) is 2. The van der Waals surface area contributed by atoms with E-state index in [2.05, 4.69) is 10.2 Å². The number of nitrogens with two attached hydrogens (primary N) is 1. The van der Waals surface area contributed by atoms with Crippen molar-refractivity contribution >= 4 is 17.5 Å². The average Bonchev–Trinajstić information content (AvgIpc) is 2.45. The van der Waals surface area contributed by atoms with Gasteiger partial charge in [-0.05, 0) is 43.7 Å². The van der Waals surface area contributed by atoms with Crippen molar-refractivity contribution in [2.75, 3.05) is 0 Å². The first kappa shape index (κ1) is 14.7. The first-order valence-electron chi connectivity index (χ1n) is 6.53. The lowest BCUT2D eigenvalue weighted by Crippen LogP contribution is -2.28. The van der Waals surface area contributed by atoms with Crippen LogP contribution in [0.15, 0.2) is 64.8 Å². The standard InChI is InChI=1S/C16H17N3O2/c1-16(2,21-15(17)20)12-8-10-14(11-9-12)19-18-13-6-4-3-5-7-13/h3-11H,1-2H3,(H2,17,20). The van der Waals surface area contributed by atoms with E-state index in [0.717, 1.165) is 16.9 Å². The maximum absolute atomic E-state index is 10.9. The van der Waals surface area contributed by atoms with Crippen LogP contribution < -0.4 is 5.73 Å². The molecule has 0 aliphatic heterocycles. The minimum absolute atomic E-state index is 0.720. The molecule has 21 heavy (non-hydrogen) atoms. The van der Waals surface area contributed by atoms with Crippen molar-refractivity contribution in [1.29, 1.82) is 0 Å². The molecule has 0 radical (unpaired) electrons. The van der Waals surface area contributed by atoms with Gasteiger partial charge in [0.25, 0.3) is 0 Å². The highest BCUT2D eigenvalue weighted by Gasteiger charge is 2.23. The molecule has 0 saturated carbocycles. The molecule has 2 rings (SSSR count). The van der Waals surface area contributed by atoms with Crippen molar-refractivity contribution in [3.63, 3.8) is 0 Å². The Morgan fingerprint density at radius 1 is 0.952 bits per heavy atom. The molecule has 5 nitrogen and oxygen atoms in total. The van der Waals surface area contributed by atoms with Crippen LogP contribution in [0.1, 0.15) is 19.4 Å². The Balaban J connectivity index is 2.12. The van der Waals surface area contributed by atoms with Gasteiger partial charge < -0.3 is 10.5 Å². The molecule has 5 heteroatoms. The Morgan fingerprint density at radius 2 is 1.48 bits per heavy atom. The molecule has 0 spiro atoms. The molecule has 0 unspecified atom stereocenters. The lowest BCUT2D eigenvalue weighted by molar-refractivity contribution is 0.0432. The van der Waals surface area contributed by atoms with Crippen LogP contribution in [0.4, 0.5) is 16.2 Å². The molecule has 0 heterocycles. The van der Waals surface area contributed by atoms with E-state index >= 15 is 0 Å². The quantitative estimate of drug-likeness (QED) is 0.842. The number of ether oxygens (including phenoxy) is 1. The number of hydrogen-bond acceptors (Lipinski definition) is 4. The van der Waals surface area contributed by atoms with Gasteiger partial charge in [-0.2, -0.15) is 10.2 Å². The van der Waals surface area contributed by atoms with Gasteiger partial charge >= 0.3 is 6.09 Å². The predicted molar refractivity (Wildman–Crippen MR) is 80.8 cm³/mol. The summed E-state index contributed by atoms with van der Waals surface area (Å²) >= 11 is 0. The van der Waals surface area contributed by atoms with Gasteiger partial charge in [0, 0.05) is 0 Å². The van der Waals surface area contributed by atoms with Gasteiger partial charge in [-0.25, -0.2) is 4.79 Å². The predicted octanol–water partition coefficient (Wildman–Crippen LogP) is 4.43. The summed E-state index contributed by atoms with van der Waals surface area (Å²) in [6, 6.07) is 16.8. The van der Waals surface area contributed by atoms with Crippen molar-refractivity contribution in [2.45, 2.75) is 19.4 Å².